The standard InChI is InChI=1S/C19H19F3N2O2/c20-15-4-1-13(2-5-15)18(24-7-9-26-10-8-24)12-23-19(25)14-3-6-16(21)17(22)11-14/h1-6,11,18H,7-10,12H2,(H,23,25). The molecule has 26 heavy (non-hydrogen) atoms. The van der Waals surface area contributed by atoms with Crippen LogP contribution in [-0.4, -0.2) is 43.7 Å². The first-order chi connectivity index (χ1) is 12.5. The number of rotatable bonds is 5. The zero-order valence-electron chi connectivity index (χ0n) is 14.1. The molecule has 1 aliphatic rings. The van der Waals surface area contributed by atoms with Crippen molar-refractivity contribution in [3.05, 3.63) is 71.0 Å². The average molecular weight is 364 g/mol. The summed E-state index contributed by atoms with van der Waals surface area (Å²) in [5.74, 6) is -2.90. The highest BCUT2D eigenvalue weighted by Crippen LogP contribution is 2.22. The van der Waals surface area contributed by atoms with Gasteiger partial charge in [-0.2, -0.15) is 0 Å². The molecule has 3 rings (SSSR count). The molecule has 4 nitrogen and oxygen atoms in total. The summed E-state index contributed by atoms with van der Waals surface area (Å²) in [5.41, 5.74) is 0.905. The van der Waals surface area contributed by atoms with Crippen molar-refractivity contribution < 1.29 is 22.7 Å². The summed E-state index contributed by atoms with van der Waals surface area (Å²) in [4.78, 5) is 14.4. The Balaban J connectivity index is 1.73. The number of hydrogen-bond donors (Lipinski definition) is 1. The van der Waals surface area contributed by atoms with Gasteiger partial charge in [0.2, 0.25) is 0 Å². The summed E-state index contributed by atoms with van der Waals surface area (Å²) in [6.07, 6.45) is 0. The van der Waals surface area contributed by atoms with E-state index in [0.717, 1.165) is 17.7 Å². The van der Waals surface area contributed by atoms with Crippen LogP contribution in [-0.2, 0) is 4.74 Å². The van der Waals surface area contributed by atoms with Crippen LogP contribution in [0.1, 0.15) is 22.0 Å². The number of nitrogens with zero attached hydrogens (tertiary/aromatic N) is 1. The molecule has 2 aromatic carbocycles. The maximum atomic E-state index is 13.3. The summed E-state index contributed by atoms with van der Waals surface area (Å²) in [7, 11) is 0. The van der Waals surface area contributed by atoms with E-state index in [2.05, 4.69) is 10.2 Å². The van der Waals surface area contributed by atoms with Crippen molar-refractivity contribution in [2.75, 3.05) is 32.8 Å². The second-order valence-corrected chi connectivity index (χ2v) is 6.05. The zero-order valence-corrected chi connectivity index (χ0v) is 14.1. The molecule has 2 aromatic rings. The van der Waals surface area contributed by atoms with Gasteiger partial charge in [-0.1, -0.05) is 12.1 Å². The Morgan fingerprint density at radius 2 is 1.73 bits per heavy atom. The normalized spacial score (nSPS) is 16.3. The third-order valence-electron chi connectivity index (χ3n) is 4.38. The van der Waals surface area contributed by atoms with E-state index in [4.69, 9.17) is 4.74 Å². The molecule has 0 aliphatic carbocycles. The summed E-state index contributed by atoms with van der Waals surface area (Å²) >= 11 is 0. The van der Waals surface area contributed by atoms with Gasteiger partial charge in [-0.3, -0.25) is 9.69 Å². The van der Waals surface area contributed by atoms with Crippen molar-refractivity contribution in [3.8, 4) is 0 Å². The van der Waals surface area contributed by atoms with Crippen molar-refractivity contribution in [1.29, 1.82) is 0 Å². The van der Waals surface area contributed by atoms with Crippen LogP contribution in [0, 0.1) is 17.5 Å². The van der Waals surface area contributed by atoms with Crippen LogP contribution < -0.4 is 5.32 Å². The molecule has 0 bridgehead atoms. The summed E-state index contributed by atoms with van der Waals surface area (Å²) in [6.45, 7) is 2.78. The molecule has 1 amide bonds. The van der Waals surface area contributed by atoms with Gasteiger partial charge in [0.1, 0.15) is 5.82 Å². The van der Waals surface area contributed by atoms with Gasteiger partial charge in [-0.15, -0.1) is 0 Å². The maximum absolute atomic E-state index is 13.3. The van der Waals surface area contributed by atoms with Crippen molar-refractivity contribution in [2.24, 2.45) is 0 Å². The molecule has 1 N–H and O–H groups in total. The summed E-state index contributed by atoms with van der Waals surface area (Å²) < 4.78 is 44.9. The van der Waals surface area contributed by atoms with E-state index in [1.807, 2.05) is 0 Å². The SMILES string of the molecule is O=C(NCC(c1ccc(F)cc1)N1CCOCC1)c1ccc(F)c(F)c1. The van der Waals surface area contributed by atoms with Crippen LogP contribution in [0.4, 0.5) is 13.2 Å². The third-order valence-corrected chi connectivity index (χ3v) is 4.38. The Kier molecular flexibility index (Phi) is 5.90. The molecule has 0 spiro atoms. The highest BCUT2D eigenvalue weighted by molar-refractivity contribution is 5.94. The zero-order chi connectivity index (χ0) is 18.5. The van der Waals surface area contributed by atoms with Crippen LogP contribution in [0.3, 0.4) is 0 Å². The second-order valence-electron chi connectivity index (χ2n) is 6.05. The predicted molar refractivity (Wildman–Crippen MR) is 90.2 cm³/mol. The molecular formula is C19H19F3N2O2. The van der Waals surface area contributed by atoms with Crippen molar-refractivity contribution in [1.82, 2.24) is 10.2 Å². The quantitative estimate of drug-likeness (QED) is 0.887. The number of hydrogen-bond acceptors (Lipinski definition) is 3. The third kappa shape index (κ3) is 4.42. The van der Waals surface area contributed by atoms with E-state index < -0.39 is 17.5 Å². The first-order valence-electron chi connectivity index (χ1n) is 8.35. The lowest BCUT2D eigenvalue weighted by atomic mass is 10.0. The topological polar surface area (TPSA) is 41.6 Å². The molecule has 1 aliphatic heterocycles. The molecule has 7 heteroatoms. The van der Waals surface area contributed by atoms with E-state index >= 15 is 0 Å². The number of ether oxygens (including phenoxy) is 1. The van der Waals surface area contributed by atoms with Crippen LogP contribution in [0.15, 0.2) is 42.5 Å². The Hall–Kier alpha value is -2.38. The number of carbonyl (C=O) groups excluding carboxylic acids is 1. The van der Waals surface area contributed by atoms with Gasteiger partial charge in [-0.05, 0) is 35.9 Å². The van der Waals surface area contributed by atoms with Gasteiger partial charge in [-0.25, -0.2) is 13.2 Å². The molecule has 1 heterocycles. The minimum absolute atomic E-state index is 0.0451. The number of morpholine rings is 1. The minimum atomic E-state index is -1.07. The number of carbonyl (C=O) groups is 1. The van der Waals surface area contributed by atoms with E-state index in [0.29, 0.717) is 26.3 Å². The van der Waals surface area contributed by atoms with Crippen LogP contribution >= 0.6 is 0 Å². The summed E-state index contributed by atoms with van der Waals surface area (Å²) in [5, 5.41) is 2.75. The van der Waals surface area contributed by atoms with Crippen molar-refractivity contribution in [3.63, 3.8) is 0 Å². The molecule has 1 unspecified atom stereocenters. The number of nitrogens with one attached hydrogen (secondary N) is 1. The maximum Gasteiger partial charge on any atom is 0.251 e. The van der Waals surface area contributed by atoms with Crippen molar-refractivity contribution in [2.45, 2.75) is 6.04 Å². The van der Waals surface area contributed by atoms with Gasteiger partial charge in [0, 0.05) is 25.2 Å². The Morgan fingerprint density at radius 3 is 2.38 bits per heavy atom. The predicted octanol–water partition coefficient (Wildman–Crippen LogP) is 2.91. The molecule has 1 fully saturated rings. The summed E-state index contributed by atoms with van der Waals surface area (Å²) in [6, 6.07) is 8.96. The van der Waals surface area contributed by atoms with Crippen LogP contribution in [0.5, 0.6) is 0 Å². The monoisotopic (exact) mass is 364 g/mol. The van der Waals surface area contributed by atoms with E-state index in [1.54, 1.807) is 12.1 Å². The van der Waals surface area contributed by atoms with E-state index in [1.165, 1.54) is 18.2 Å². The molecule has 0 saturated carbocycles. The highest BCUT2D eigenvalue weighted by Gasteiger charge is 2.23. The molecule has 138 valence electrons. The average Bonchev–Trinajstić information content (AvgIpc) is 2.66. The lowest BCUT2D eigenvalue weighted by Gasteiger charge is -2.35. The largest absolute Gasteiger partial charge is 0.379 e. The number of amides is 1. The lowest BCUT2D eigenvalue weighted by Crippen LogP contribution is -2.43. The molecule has 0 radical (unpaired) electrons. The Labute approximate surface area is 149 Å². The van der Waals surface area contributed by atoms with Crippen LogP contribution in [0.2, 0.25) is 0 Å². The fraction of sp³-hybridized carbons (Fsp3) is 0.316. The minimum Gasteiger partial charge on any atom is -0.379 e. The molecule has 0 aromatic heterocycles. The Morgan fingerprint density at radius 1 is 1.04 bits per heavy atom. The lowest BCUT2D eigenvalue weighted by molar-refractivity contribution is 0.0162. The van der Waals surface area contributed by atoms with Crippen molar-refractivity contribution >= 4 is 5.91 Å². The van der Waals surface area contributed by atoms with Gasteiger partial charge < -0.3 is 10.1 Å². The number of halogens is 3. The fourth-order valence-corrected chi connectivity index (χ4v) is 2.96. The van der Waals surface area contributed by atoms with Crippen LogP contribution in [0.25, 0.3) is 0 Å². The molecule has 1 saturated heterocycles. The van der Waals surface area contributed by atoms with Gasteiger partial charge in [0.05, 0.1) is 19.3 Å². The van der Waals surface area contributed by atoms with Gasteiger partial charge >= 0.3 is 0 Å². The smallest absolute Gasteiger partial charge is 0.251 e. The first kappa shape index (κ1) is 18.4. The highest BCUT2D eigenvalue weighted by atomic mass is 19.2. The van der Waals surface area contributed by atoms with E-state index in [-0.39, 0.29) is 24.0 Å². The van der Waals surface area contributed by atoms with E-state index in [9.17, 15) is 18.0 Å². The molecule has 1 atom stereocenters. The second kappa shape index (κ2) is 8.33. The number of benzene rings is 2. The Bertz CT molecular complexity index is 762. The molecular weight excluding hydrogens is 345 g/mol. The van der Waals surface area contributed by atoms with Gasteiger partial charge in [0.25, 0.3) is 5.91 Å². The first-order valence-corrected chi connectivity index (χ1v) is 8.35. The van der Waals surface area contributed by atoms with Gasteiger partial charge in [0.15, 0.2) is 11.6 Å². The fourth-order valence-electron chi connectivity index (χ4n) is 2.96.